The lowest BCUT2D eigenvalue weighted by Gasteiger charge is -2.24. The molecule has 2 aliphatic heterocycles. The van der Waals surface area contributed by atoms with Crippen molar-refractivity contribution in [3.63, 3.8) is 0 Å². The third kappa shape index (κ3) is 6.50. The lowest BCUT2D eigenvalue weighted by atomic mass is 10.0. The molecule has 41 heavy (non-hydrogen) atoms. The fraction of sp³-hybridized carbons (Fsp3) is 0.467. The Hall–Kier alpha value is -3.60. The molecule has 2 aromatic carbocycles. The SMILES string of the molecule is COc1cc2nc(-c3ccc(OCCN(C)C(=O)OC(C)(C)C)cc3)cc(N3CC4CS(=O)(=O)CC4C3)c2cc1F. The number of carbonyl (C=O) groups excluding carboxylic acids is 1. The number of halogens is 1. The Morgan fingerprint density at radius 1 is 1.10 bits per heavy atom. The fourth-order valence-electron chi connectivity index (χ4n) is 5.46. The molecule has 9 nitrogen and oxygen atoms in total. The Bertz CT molecular complexity index is 1540. The monoisotopic (exact) mass is 585 g/mol. The Kier molecular flexibility index (Phi) is 7.76. The van der Waals surface area contributed by atoms with Crippen LogP contribution in [0.25, 0.3) is 22.2 Å². The zero-order chi connectivity index (χ0) is 29.5. The molecule has 1 amide bonds. The van der Waals surface area contributed by atoms with Gasteiger partial charge in [0.2, 0.25) is 0 Å². The number of sulfone groups is 1. The maximum absolute atomic E-state index is 14.8. The number of methoxy groups -OCH3 is 1. The summed E-state index contributed by atoms with van der Waals surface area (Å²) < 4.78 is 55.4. The predicted molar refractivity (Wildman–Crippen MR) is 156 cm³/mol. The van der Waals surface area contributed by atoms with E-state index in [1.54, 1.807) is 13.1 Å². The smallest absolute Gasteiger partial charge is 0.410 e. The van der Waals surface area contributed by atoms with Gasteiger partial charge < -0.3 is 24.0 Å². The van der Waals surface area contributed by atoms with E-state index >= 15 is 0 Å². The third-order valence-electron chi connectivity index (χ3n) is 7.46. The molecule has 5 rings (SSSR count). The van der Waals surface area contributed by atoms with Gasteiger partial charge in [-0.15, -0.1) is 0 Å². The van der Waals surface area contributed by atoms with Crippen LogP contribution >= 0.6 is 0 Å². The number of carbonyl (C=O) groups is 1. The first kappa shape index (κ1) is 28.9. The van der Waals surface area contributed by atoms with Crippen molar-refractivity contribution in [3.05, 3.63) is 48.3 Å². The predicted octanol–water partition coefficient (Wildman–Crippen LogP) is 4.78. The zero-order valence-corrected chi connectivity index (χ0v) is 24.8. The average Bonchev–Trinajstić information content (AvgIpc) is 3.40. The molecule has 0 bridgehead atoms. The third-order valence-corrected chi connectivity index (χ3v) is 9.34. The van der Waals surface area contributed by atoms with Crippen LogP contribution in [0.2, 0.25) is 0 Å². The average molecular weight is 586 g/mol. The molecular weight excluding hydrogens is 549 g/mol. The van der Waals surface area contributed by atoms with E-state index in [0.717, 1.165) is 11.3 Å². The summed E-state index contributed by atoms with van der Waals surface area (Å²) in [5, 5.41) is 0.656. The highest BCUT2D eigenvalue weighted by molar-refractivity contribution is 7.91. The number of likely N-dealkylation sites (N-methyl/N-ethyl adjacent to an activating group) is 1. The van der Waals surface area contributed by atoms with Crippen LogP contribution in [0.3, 0.4) is 0 Å². The van der Waals surface area contributed by atoms with Crippen molar-refractivity contribution in [1.29, 1.82) is 0 Å². The molecule has 2 aliphatic rings. The maximum Gasteiger partial charge on any atom is 0.410 e. The number of rotatable bonds is 7. The molecule has 2 atom stereocenters. The Balaban J connectivity index is 1.35. The molecule has 3 heterocycles. The number of benzene rings is 2. The normalized spacial score (nSPS) is 19.7. The molecule has 2 fully saturated rings. The highest BCUT2D eigenvalue weighted by Crippen LogP contribution is 2.40. The standard InChI is InChI=1S/C30H36FN3O6S/c1-30(2,3)40-29(35)33(4)10-11-39-22-8-6-19(7-9-22)25-13-27(23-12-24(31)28(38-5)14-26(23)32-25)34-15-20-17-41(36,37)18-21(20)16-34/h6-9,12-14,20-21H,10-11,15-18H2,1-5H3. The summed E-state index contributed by atoms with van der Waals surface area (Å²) in [6, 6.07) is 12.5. The van der Waals surface area contributed by atoms with Gasteiger partial charge in [0.25, 0.3) is 0 Å². The van der Waals surface area contributed by atoms with E-state index in [2.05, 4.69) is 4.90 Å². The number of hydrogen-bond donors (Lipinski definition) is 0. The number of amides is 1. The quantitative estimate of drug-likeness (QED) is 0.391. The molecule has 220 valence electrons. The van der Waals surface area contributed by atoms with Crippen molar-refractivity contribution in [3.8, 4) is 22.8 Å². The first-order chi connectivity index (χ1) is 19.3. The second-order valence-electron chi connectivity index (χ2n) is 11.8. The van der Waals surface area contributed by atoms with Crippen LogP contribution < -0.4 is 14.4 Å². The van der Waals surface area contributed by atoms with Gasteiger partial charge in [-0.05, 0) is 69.0 Å². The zero-order valence-electron chi connectivity index (χ0n) is 24.0. The Morgan fingerprint density at radius 2 is 1.76 bits per heavy atom. The number of nitrogens with zero attached hydrogens (tertiary/aromatic N) is 3. The molecule has 2 saturated heterocycles. The van der Waals surface area contributed by atoms with Crippen molar-refractivity contribution >= 4 is 32.5 Å². The van der Waals surface area contributed by atoms with Crippen molar-refractivity contribution in [2.24, 2.45) is 11.8 Å². The van der Waals surface area contributed by atoms with Crippen LogP contribution in [-0.2, 0) is 14.6 Å². The van der Waals surface area contributed by atoms with E-state index in [-0.39, 0.29) is 29.1 Å². The highest BCUT2D eigenvalue weighted by Gasteiger charge is 2.44. The highest BCUT2D eigenvalue weighted by atomic mass is 32.2. The number of aromatic nitrogens is 1. The number of fused-ring (bicyclic) bond motifs is 2. The van der Waals surface area contributed by atoms with Crippen LogP contribution in [0.15, 0.2) is 42.5 Å². The first-order valence-electron chi connectivity index (χ1n) is 13.6. The fourth-order valence-corrected chi connectivity index (χ4v) is 7.66. The number of anilines is 1. The molecule has 1 aromatic heterocycles. The lowest BCUT2D eigenvalue weighted by Crippen LogP contribution is -2.36. The Morgan fingerprint density at radius 3 is 2.37 bits per heavy atom. The lowest BCUT2D eigenvalue weighted by molar-refractivity contribution is 0.0278. The second kappa shape index (κ2) is 11.0. The van der Waals surface area contributed by atoms with Crippen LogP contribution in [0.5, 0.6) is 11.5 Å². The van der Waals surface area contributed by atoms with Gasteiger partial charge in [-0.25, -0.2) is 22.6 Å². The van der Waals surface area contributed by atoms with E-state index in [1.165, 1.54) is 18.1 Å². The van der Waals surface area contributed by atoms with Crippen LogP contribution in [0.4, 0.5) is 14.9 Å². The molecular formula is C30H36FN3O6S. The minimum Gasteiger partial charge on any atom is -0.494 e. The summed E-state index contributed by atoms with van der Waals surface area (Å²) in [6.07, 6.45) is -0.408. The van der Waals surface area contributed by atoms with Crippen molar-refractivity contribution in [2.45, 2.75) is 26.4 Å². The van der Waals surface area contributed by atoms with Gasteiger partial charge in [0.15, 0.2) is 21.4 Å². The van der Waals surface area contributed by atoms with E-state index in [1.807, 2.05) is 51.1 Å². The van der Waals surface area contributed by atoms with Crippen molar-refractivity contribution in [2.75, 3.05) is 56.8 Å². The summed E-state index contributed by atoms with van der Waals surface area (Å²) in [7, 11) is 0.0804. The summed E-state index contributed by atoms with van der Waals surface area (Å²) in [5.74, 6) is 0.808. The largest absolute Gasteiger partial charge is 0.494 e. The van der Waals surface area contributed by atoms with Gasteiger partial charge in [0.05, 0.1) is 36.4 Å². The van der Waals surface area contributed by atoms with Crippen LogP contribution in [0, 0.1) is 17.7 Å². The minimum absolute atomic E-state index is 0.0700. The summed E-state index contributed by atoms with van der Waals surface area (Å²) in [6.45, 7) is 7.32. The molecule has 0 saturated carbocycles. The molecule has 0 radical (unpaired) electrons. The summed E-state index contributed by atoms with van der Waals surface area (Å²) >= 11 is 0. The van der Waals surface area contributed by atoms with Crippen LogP contribution in [-0.4, -0.2) is 81.9 Å². The van der Waals surface area contributed by atoms with E-state index in [0.29, 0.717) is 48.6 Å². The molecule has 2 unspecified atom stereocenters. The van der Waals surface area contributed by atoms with Crippen molar-refractivity contribution < 1.29 is 31.8 Å². The number of pyridine rings is 1. The van der Waals surface area contributed by atoms with E-state index in [4.69, 9.17) is 19.2 Å². The number of ether oxygens (including phenoxy) is 3. The molecule has 11 heteroatoms. The van der Waals surface area contributed by atoms with E-state index in [9.17, 15) is 17.6 Å². The van der Waals surface area contributed by atoms with Gasteiger partial charge in [0.1, 0.15) is 18.0 Å². The second-order valence-corrected chi connectivity index (χ2v) is 14.0. The van der Waals surface area contributed by atoms with Gasteiger partial charge in [-0.2, -0.15) is 0 Å². The number of hydrogen-bond acceptors (Lipinski definition) is 8. The molecule has 3 aromatic rings. The molecule has 0 N–H and O–H groups in total. The van der Waals surface area contributed by atoms with Gasteiger partial charge in [-0.1, -0.05) is 0 Å². The first-order valence-corrected chi connectivity index (χ1v) is 15.4. The van der Waals surface area contributed by atoms with E-state index < -0.39 is 27.3 Å². The molecule has 0 spiro atoms. The molecule has 0 aliphatic carbocycles. The Labute approximate surface area is 240 Å². The summed E-state index contributed by atoms with van der Waals surface area (Å²) in [5.41, 5.74) is 2.39. The van der Waals surface area contributed by atoms with Crippen LogP contribution in [0.1, 0.15) is 20.8 Å². The maximum atomic E-state index is 14.8. The summed E-state index contributed by atoms with van der Waals surface area (Å²) in [4.78, 5) is 20.6. The van der Waals surface area contributed by atoms with Gasteiger partial charge in [-0.3, -0.25) is 0 Å². The topological polar surface area (TPSA) is 98.3 Å². The van der Waals surface area contributed by atoms with Gasteiger partial charge in [0, 0.05) is 42.8 Å². The van der Waals surface area contributed by atoms with Crippen molar-refractivity contribution in [1.82, 2.24) is 9.88 Å². The minimum atomic E-state index is -3.00. The van der Waals surface area contributed by atoms with Gasteiger partial charge >= 0.3 is 6.09 Å².